The average Bonchev–Trinajstić information content (AvgIpc) is 2.72. The first-order valence-electron chi connectivity index (χ1n) is 6.14. The SMILES string of the molecule is Cc1ccc(C(=O)O)cc1NC(=O)N1CC(O)C(O)C1. The highest BCUT2D eigenvalue weighted by Crippen LogP contribution is 2.19. The molecule has 0 saturated carbocycles. The summed E-state index contributed by atoms with van der Waals surface area (Å²) in [6.07, 6.45) is -1.90. The Balaban J connectivity index is 2.12. The minimum Gasteiger partial charge on any atom is -0.478 e. The maximum absolute atomic E-state index is 12.0. The van der Waals surface area contributed by atoms with Gasteiger partial charge in [0.1, 0.15) is 0 Å². The predicted molar refractivity (Wildman–Crippen MR) is 70.7 cm³/mol. The standard InChI is InChI=1S/C13H16N2O5/c1-7-2-3-8(12(18)19)4-9(7)14-13(20)15-5-10(16)11(17)6-15/h2-4,10-11,16-17H,5-6H2,1H3,(H,14,20)(H,18,19). The van der Waals surface area contributed by atoms with Crippen LogP contribution in [-0.4, -0.2) is 57.5 Å². The number of likely N-dealkylation sites (tertiary alicyclic amines) is 1. The number of carboxylic acids is 1. The number of carbonyl (C=O) groups is 2. The Labute approximate surface area is 115 Å². The maximum Gasteiger partial charge on any atom is 0.335 e. The molecule has 2 atom stereocenters. The van der Waals surface area contributed by atoms with Crippen LogP contribution in [0, 0.1) is 6.92 Å². The summed E-state index contributed by atoms with van der Waals surface area (Å²) in [6.45, 7) is 1.84. The number of anilines is 1. The fourth-order valence-corrected chi connectivity index (χ4v) is 2.02. The molecule has 2 rings (SSSR count). The number of urea groups is 1. The molecule has 20 heavy (non-hydrogen) atoms. The van der Waals surface area contributed by atoms with Gasteiger partial charge in [0.15, 0.2) is 0 Å². The second-order valence-corrected chi connectivity index (χ2v) is 4.80. The first-order valence-corrected chi connectivity index (χ1v) is 6.14. The highest BCUT2D eigenvalue weighted by atomic mass is 16.4. The Hall–Kier alpha value is -2.12. The fraction of sp³-hybridized carbons (Fsp3) is 0.385. The minimum atomic E-state index is -1.08. The van der Waals surface area contributed by atoms with E-state index in [1.807, 2.05) is 0 Å². The second kappa shape index (κ2) is 5.48. The highest BCUT2D eigenvalue weighted by molar-refractivity contribution is 5.94. The molecule has 7 nitrogen and oxygen atoms in total. The van der Waals surface area contributed by atoms with Crippen molar-refractivity contribution in [2.75, 3.05) is 18.4 Å². The van der Waals surface area contributed by atoms with E-state index in [2.05, 4.69) is 5.32 Å². The molecule has 1 aromatic rings. The number of hydrogen-bond donors (Lipinski definition) is 4. The number of aromatic carboxylic acids is 1. The molecular formula is C13H16N2O5. The third-order valence-corrected chi connectivity index (χ3v) is 3.27. The molecule has 2 unspecified atom stereocenters. The number of aryl methyl sites for hydroxylation is 1. The van der Waals surface area contributed by atoms with Crippen LogP contribution in [0.4, 0.5) is 10.5 Å². The number of hydrogen-bond acceptors (Lipinski definition) is 4. The quantitative estimate of drug-likeness (QED) is 0.621. The van der Waals surface area contributed by atoms with E-state index >= 15 is 0 Å². The Morgan fingerprint density at radius 1 is 1.25 bits per heavy atom. The van der Waals surface area contributed by atoms with E-state index in [0.29, 0.717) is 5.69 Å². The maximum atomic E-state index is 12.0. The molecule has 1 fully saturated rings. The lowest BCUT2D eigenvalue weighted by Crippen LogP contribution is -2.34. The molecule has 0 aliphatic carbocycles. The number of aliphatic hydroxyl groups excluding tert-OH is 2. The van der Waals surface area contributed by atoms with Crippen LogP contribution in [0.5, 0.6) is 0 Å². The van der Waals surface area contributed by atoms with Crippen molar-refractivity contribution in [1.29, 1.82) is 0 Å². The predicted octanol–water partition coefficient (Wildman–Crippen LogP) is 0.263. The van der Waals surface area contributed by atoms with Gasteiger partial charge in [0, 0.05) is 5.69 Å². The van der Waals surface area contributed by atoms with Crippen molar-refractivity contribution >= 4 is 17.7 Å². The van der Waals surface area contributed by atoms with Crippen LogP contribution in [0.1, 0.15) is 15.9 Å². The third kappa shape index (κ3) is 2.89. The minimum absolute atomic E-state index is 0.0463. The summed E-state index contributed by atoms with van der Waals surface area (Å²) >= 11 is 0. The number of rotatable bonds is 2. The van der Waals surface area contributed by atoms with Crippen molar-refractivity contribution in [3.05, 3.63) is 29.3 Å². The van der Waals surface area contributed by atoms with Crippen LogP contribution in [-0.2, 0) is 0 Å². The monoisotopic (exact) mass is 280 g/mol. The Morgan fingerprint density at radius 3 is 2.40 bits per heavy atom. The van der Waals surface area contributed by atoms with Gasteiger partial charge >= 0.3 is 12.0 Å². The van der Waals surface area contributed by atoms with Crippen molar-refractivity contribution in [3.63, 3.8) is 0 Å². The number of carboxylic acid groups (broad SMARTS) is 1. The second-order valence-electron chi connectivity index (χ2n) is 4.80. The van der Waals surface area contributed by atoms with Crippen molar-refractivity contribution in [3.8, 4) is 0 Å². The van der Waals surface area contributed by atoms with Crippen molar-refractivity contribution in [2.24, 2.45) is 0 Å². The summed E-state index contributed by atoms with van der Waals surface area (Å²) < 4.78 is 0. The number of carbonyl (C=O) groups excluding carboxylic acids is 1. The molecule has 1 aliphatic rings. The van der Waals surface area contributed by atoms with Crippen LogP contribution in [0.15, 0.2) is 18.2 Å². The molecule has 1 saturated heterocycles. The highest BCUT2D eigenvalue weighted by Gasteiger charge is 2.32. The summed E-state index contributed by atoms with van der Waals surface area (Å²) in [6, 6.07) is 3.95. The molecule has 0 bridgehead atoms. The Kier molecular flexibility index (Phi) is 3.91. The summed E-state index contributed by atoms with van der Waals surface area (Å²) in [7, 11) is 0. The molecule has 0 aromatic heterocycles. The van der Waals surface area contributed by atoms with E-state index in [0.717, 1.165) is 5.56 Å². The van der Waals surface area contributed by atoms with E-state index in [-0.39, 0.29) is 18.7 Å². The lowest BCUT2D eigenvalue weighted by atomic mass is 10.1. The third-order valence-electron chi connectivity index (χ3n) is 3.27. The summed E-state index contributed by atoms with van der Waals surface area (Å²) in [4.78, 5) is 24.2. The molecule has 7 heteroatoms. The van der Waals surface area contributed by atoms with Gasteiger partial charge in [-0.25, -0.2) is 9.59 Å². The van der Waals surface area contributed by atoms with Crippen molar-refractivity contribution in [2.45, 2.75) is 19.1 Å². The van der Waals surface area contributed by atoms with E-state index < -0.39 is 24.2 Å². The molecule has 4 N–H and O–H groups in total. The van der Waals surface area contributed by atoms with Crippen LogP contribution in [0.3, 0.4) is 0 Å². The molecule has 0 radical (unpaired) electrons. The number of amides is 2. The number of β-amino-alcohol motifs (C(OH)–C–C–N with tert-alkyl or cyclic N) is 2. The number of nitrogens with one attached hydrogen (secondary N) is 1. The van der Waals surface area contributed by atoms with Crippen LogP contribution in [0.2, 0.25) is 0 Å². The zero-order chi connectivity index (χ0) is 14.9. The molecular weight excluding hydrogens is 264 g/mol. The van der Waals surface area contributed by atoms with Gasteiger partial charge < -0.3 is 25.5 Å². The van der Waals surface area contributed by atoms with E-state index in [1.165, 1.54) is 17.0 Å². The summed E-state index contributed by atoms with van der Waals surface area (Å²) in [5.74, 6) is -1.08. The first-order chi connectivity index (χ1) is 9.38. The molecule has 2 amide bonds. The van der Waals surface area contributed by atoms with Crippen LogP contribution in [0.25, 0.3) is 0 Å². The van der Waals surface area contributed by atoms with E-state index in [4.69, 9.17) is 5.11 Å². The zero-order valence-electron chi connectivity index (χ0n) is 10.9. The molecule has 108 valence electrons. The van der Waals surface area contributed by atoms with Gasteiger partial charge in [-0.2, -0.15) is 0 Å². The number of benzene rings is 1. The van der Waals surface area contributed by atoms with Crippen molar-refractivity contribution < 1.29 is 24.9 Å². The van der Waals surface area contributed by atoms with Gasteiger partial charge in [0.2, 0.25) is 0 Å². The first kappa shape index (κ1) is 14.3. The van der Waals surface area contributed by atoms with E-state index in [1.54, 1.807) is 13.0 Å². The molecule has 0 spiro atoms. The van der Waals surface area contributed by atoms with Gasteiger partial charge in [-0.15, -0.1) is 0 Å². The van der Waals surface area contributed by atoms with E-state index in [9.17, 15) is 19.8 Å². The smallest absolute Gasteiger partial charge is 0.335 e. The van der Waals surface area contributed by atoms with Gasteiger partial charge in [-0.05, 0) is 24.6 Å². The van der Waals surface area contributed by atoms with Gasteiger partial charge in [0.05, 0.1) is 30.9 Å². The number of nitrogens with zero attached hydrogens (tertiary/aromatic N) is 1. The van der Waals surface area contributed by atoms with Crippen LogP contribution >= 0.6 is 0 Å². The average molecular weight is 280 g/mol. The zero-order valence-corrected chi connectivity index (χ0v) is 10.9. The van der Waals surface area contributed by atoms with Crippen molar-refractivity contribution in [1.82, 2.24) is 4.90 Å². The van der Waals surface area contributed by atoms with Gasteiger partial charge in [-0.3, -0.25) is 0 Å². The fourth-order valence-electron chi connectivity index (χ4n) is 2.02. The lowest BCUT2D eigenvalue weighted by Gasteiger charge is -2.17. The normalized spacial score (nSPS) is 21.9. The van der Waals surface area contributed by atoms with Gasteiger partial charge in [-0.1, -0.05) is 6.07 Å². The topological polar surface area (TPSA) is 110 Å². The Bertz CT molecular complexity index is 536. The lowest BCUT2D eigenvalue weighted by molar-refractivity contribution is 0.0572. The number of aliphatic hydroxyl groups is 2. The molecule has 1 heterocycles. The molecule has 1 aliphatic heterocycles. The summed E-state index contributed by atoms with van der Waals surface area (Å²) in [5, 5.41) is 30.3. The summed E-state index contributed by atoms with van der Waals surface area (Å²) in [5.41, 5.74) is 1.20. The van der Waals surface area contributed by atoms with Crippen LogP contribution < -0.4 is 5.32 Å². The van der Waals surface area contributed by atoms with Gasteiger partial charge in [0.25, 0.3) is 0 Å². The Morgan fingerprint density at radius 2 is 1.85 bits per heavy atom. The molecule has 1 aromatic carbocycles. The largest absolute Gasteiger partial charge is 0.478 e.